The molecule has 3 nitrogen and oxygen atoms in total. The summed E-state index contributed by atoms with van der Waals surface area (Å²) in [5.74, 6) is -0.281. The first-order valence-electron chi connectivity index (χ1n) is 6.78. The minimum absolute atomic E-state index is 0.281. The van der Waals surface area contributed by atoms with Crippen molar-refractivity contribution in [1.29, 1.82) is 0 Å². The van der Waals surface area contributed by atoms with Gasteiger partial charge < -0.3 is 5.73 Å². The molecular weight excluding hydrogens is 265 g/mol. The Morgan fingerprint density at radius 3 is 2.62 bits per heavy atom. The second-order valence-electron chi connectivity index (χ2n) is 4.98. The van der Waals surface area contributed by atoms with E-state index >= 15 is 0 Å². The van der Waals surface area contributed by atoms with Crippen LogP contribution in [0.3, 0.4) is 0 Å². The highest BCUT2D eigenvalue weighted by Gasteiger charge is 2.17. The second kappa shape index (κ2) is 5.50. The van der Waals surface area contributed by atoms with Crippen LogP contribution in [0.5, 0.6) is 0 Å². The summed E-state index contributed by atoms with van der Waals surface area (Å²) in [6, 6.07) is 15.9. The summed E-state index contributed by atoms with van der Waals surface area (Å²) in [7, 11) is 0. The Kier molecular flexibility index (Phi) is 3.54. The van der Waals surface area contributed by atoms with Gasteiger partial charge in [-0.15, -0.1) is 0 Å². The number of benzene rings is 2. The molecule has 0 fully saturated rings. The van der Waals surface area contributed by atoms with E-state index in [1.807, 2.05) is 43.3 Å². The summed E-state index contributed by atoms with van der Waals surface area (Å²) in [4.78, 5) is 0. The molecule has 0 bridgehead atoms. The third-order valence-corrected chi connectivity index (χ3v) is 3.57. The number of nitrogens with zero attached hydrogens (tertiary/aromatic N) is 2. The maximum absolute atomic E-state index is 13.5. The first-order valence-corrected chi connectivity index (χ1v) is 6.78. The first-order chi connectivity index (χ1) is 10.2. The average Bonchev–Trinajstić information content (AvgIpc) is 2.99. The monoisotopic (exact) mass is 281 g/mol. The third-order valence-electron chi connectivity index (χ3n) is 3.57. The van der Waals surface area contributed by atoms with Crippen LogP contribution in [0, 0.1) is 12.7 Å². The van der Waals surface area contributed by atoms with E-state index in [0.29, 0.717) is 0 Å². The predicted octanol–water partition coefficient (Wildman–Crippen LogP) is 3.37. The number of para-hydroxylation sites is 1. The van der Waals surface area contributed by atoms with E-state index in [9.17, 15) is 4.39 Å². The zero-order chi connectivity index (χ0) is 14.8. The summed E-state index contributed by atoms with van der Waals surface area (Å²) in [6.07, 6.45) is 1.71. The van der Waals surface area contributed by atoms with Crippen molar-refractivity contribution < 1.29 is 4.39 Å². The number of aromatic nitrogens is 2. The van der Waals surface area contributed by atoms with Crippen LogP contribution in [0.25, 0.3) is 5.69 Å². The third kappa shape index (κ3) is 2.58. The number of aryl methyl sites for hydroxylation is 1. The molecule has 1 atom stereocenters. The molecule has 1 unspecified atom stereocenters. The Bertz CT molecular complexity index is 750. The summed E-state index contributed by atoms with van der Waals surface area (Å²) in [5, 5.41) is 4.33. The Balaban J connectivity index is 2.06. The van der Waals surface area contributed by atoms with Crippen LogP contribution in [0.4, 0.5) is 4.39 Å². The molecular formula is C17H16FN3. The molecule has 21 heavy (non-hydrogen) atoms. The lowest BCUT2D eigenvalue weighted by Crippen LogP contribution is -2.18. The van der Waals surface area contributed by atoms with Gasteiger partial charge >= 0.3 is 0 Å². The van der Waals surface area contributed by atoms with Crippen molar-refractivity contribution in [1.82, 2.24) is 9.78 Å². The summed E-state index contributed by atoms with van der Waals surface area (Å²) in [6.45, 7) is 1.93. The molecule has 0 amide bonds. The lowest BCUT2D eigenvalue weighted by molar-refractivity contribution is 0.621. The molecule has 4 heteroatoms. The van der Waals surface area contributed by atoms with Gasteiger partial charge in [-0.1, -0.05) is 24.3 Å². The Morgan fingerprint density at radius 1 is 1.10 bits per heavy atom. The standard InChI is InChI=1S/C17H16FN3/c1-12-7-8-13(18)11-15(12)17(19)16-9-10-20-21(16)14-5-3-2-4-6-14/h2-11,17H,19H2,1H3. The minimum atomic E-state index is -0.427. The van der Waals surface area contributed by atoms with Gasteiger partial charge in [-0.2, -0.15) is 5.10 Å². The van der Waals surface area contributed by atoms with Gasteiger partial charge in [0, 0.05) is 6.20 Å². The molecule has 2 aromatic carbocycles. The van der Waals surface area contributed by atoms with Crippen LogP contribution in [0.15, 0.2) is 60.8 Å². The maximum atomic E-state index is 13.5. The van der Waals surface area contributed by atoms with Crippen molar-refractivity contribution in [3.05, 3.63) is 83.4 Å². The number of hydrogen-bond donors (Lipinski definition) is 1. The predicted molar refractivity (Wildman–Crippen MR) is 80.7 cm³/mol. The van der Waals surface area contributed by atoms with Gasteiger partial charge in [-0.25, -0.2) is 9.07 Å². The zero-order valence-corrected chi connectivity index (χ0v) is 11.7. The quantitative estimate of drug-likeness (QED) is 0.800. The van der Waals surface area contributed by atoms with E-state index in [1.54, 1.807) is 16.9 Å². The molecule has 0 saturated carbocycles. The molecule has 1 aromatic heterocycles. The normalized spacial score (nSPS) is 12.3. The van der Waals surface area contributed by atoms with Crippen LogP contribution in [-0.2, 0) is 0 Å². The fourth-order valence-corrected chi connectivity index (χ4v) is 2.44. The second-order valence-corrected chi connectivity index (χ2v) is 4.98. The molecule has 0 aliphatic heterocycles. The summed E-state index contributed by atoms with van der Waals surface area (Å²) >= 11 is 0. The SMILES string of the molecule is Cc1ccc(F)cc1C(N)c1ccnn1-c1ccccc1. The lowest BCUT2D eigenvalue weighted by Gasteiger charge is -2.17. The van der Waals surface area contributed by atoms with Crippen LogP contribution in [0.1, 0.15) is 22.9 Å². The van der Waals surface area contributed by atoms with E-state index in [-0.39, 0.29) is 5.82 Å². The molecule has 106 valence electrons. The number of halogens is 1. The van der Waals surface area contributed by atoms with Gasteiger partial charge in [0.1, 0.15) is 5.82 Å². The van der Waals surface area contributed by atoms with Crippen molar-refractivity contribution in [3.8, 4) is 5.69 Å². The first kappa shape index (κ1) is 13.5. The van der Waals surface area contributed by atoms with E-state index in [1.165, 1.54) is 12.1 Å². The molecule has 3 aromatic rings. The highest BCUT2D eigenvalue weighted by atomic mass is 19.1. The van der Waals surface area contributed by atoms with Gasteiger partial charge in [0.05, 0.1) is 17.4 Å². The summed E-state index contributed by atoms with van der Waals surface area (Å²) in [5.41, 5.74) is 9.84. The molecule has 0 aliphatic carbocycles. The lowest BCUT2D eigenvalue weighted by atomic mass is 9.99. The molecule has 0 radical (unpaired) electrons. The summed E-state index contributed by atoms with van der Waals surface area (Å²) < 4.78 is 15.3. The topological polar surface area (TPSA) is 43.8 Å². The molecule has 3 rings (SSSR count). The largest absolute Gasteiger partial charge is 0.319 e. The van der Waals surface area contributed by atoms with Gasteiger partial charge in [0.15, 0.2) is 0 Å². The van der Waals surface area contributed by atoms with Gasteiger partial charge in [0.2, 0.25) is 0 Å². The minimum Gasteiger partial charge on any atom is -0.319 e. The number of rotatable bonds is 3. The van der Waals surface area contributed by atoms with E-state index in [4.69, 9.17) is 5.73 Å². The van der Waals surface area contributed by atoms with Crippen LogP contribution < -0.4 is 5.73 Å². The molecule has 2 N–H and O–H groups in total. The fourth-order valence-electron chi connectivity index (χ4n) is 2.44. The van der Waals surface area contributed by atoms with E-state index in [0.717, 1.165) is 22.5 Å². The van der Waals surface area contributed by atoms with Crippen LogP contribution >= 0.6 is 0 Å². The zero-order valence-electron chi connectivity index (χ0n) is 11.7. The van der Waals surface area contributed by atoms with Crippen molar-refractivity contribution in [2.75, 3.05) is 0 Å². The molecule has 1 heterocycles. The van der Waals surface area contributed by atoms with Gasteiger partial charge in [0.25, 0.3) is 0 Å². The fraction of sp³-hybridized carbons (Fsp3) is 0.118. The smallest absolute Gasteiger partial charge is 0.123 e. The number of hydrogen-bond acceptors (Lipinski definition) is 2. The van der Waals surface area contributed by atoms with Crippen molar-refractivity contribution in [2.24, 2.45) is 5.73 Å². The Hall–Kier alpha value is -2.46. The van der Waals surface area contributed by atoms with E-state index in [2.05, 4.69) is 5.10 Å². The molecule has 0 saturated heterocycles. The Morgan fingerprint density at radius 2 is 1.86 bits per heavy atom. The highest BCUT2D eigenvalue weighted by Crippen LogP contribution is 2.25. The molecule has 0 spiro atoms. The van der Waals surface area contributed by atoms with E-state index < -0.39 is 6.04 Å². The Labute approximate surface area is 122 Å². The highest BCUT2D eigenvalue weighted by molar-refractivity contribution is 5.38. The van der Waals surface area contributed by atoms with Crippen molar-refractivity contribution in [3.63, 3.8) is 0 Å². The van der Waals surface area contributed by atoms with Crippen LogP contribution in [-0.4, -0.2) is 9.78 Å². The van der Waals surface area contributed by atoms with Crippen molar-refractivity contribution in [2.45, 2.75) is 13.0 Å². The van der Waals surface area contributed by atoms with Gasteiger partial charge in [-0.3, -0.25) is 0 Å². The van der Waals surface area contributed by atoms with Gasteiger partial charge in [-0.05, 0) is 48.4 Å². The maximum Gasteiger partial charge on any atom is 0.123 e. The average molecular weight is 281 g/mol. The van der Waals surface area contributed by atoms with Crippen molar-refractivity contribution >= 4 is 0 Å². The molecule has 0 aliphatic rings. The van der Waals surface area contributed by atoms with Crippen LogP contribution in [0.2, 0.25) is 0 Å². The number of nitrogens with two attached hydrogens (primary N) is 1.